The molecular weight excluding hydrogens is 512 g/mol. The predicted molar refractivity (Wildman–Crippen MR) is 161 cm³/mol. The van der Waals surface area contributed by atoms with Gasteiger partial charge in [-0.05, 0) is 43.7 Å². The Bertz CT molecular complexity index is 1100. The van der Waals surface area contributed by atoms with Crippen LogP contribution in [0, 0.1) is 6.92 Å². The fraction of sp³-hybridized carbons (Fsp3) is 0.500. The van der Waals surface area contributed by atoms with E-state index < -0.39 is 0 Å². The standard InChI is InChI=1S/C32H43ClN2O2S/c1-3-4-5-6-7-8-9-10-11-12-13-14-21-37-31-22-28(17-20-30(31)33)32(36)34-29-18-15-27(16-19-29)24-35-23-26(2)38-25-35/h15-20,22-23,25H,3-14,21,24H2,1-2H3/p+1. The number of aryl methyl sites for hydroxylation is 1. The van der Waals surface area contributed by atoms with E-state index in [9.17, 15) is 4.79 Å². The Kier molecular flexibility index (Phi) is 13.7. The molecule has 0 atom stereocenters. The molecule has 6 heteroatoms. The lowest BCUT2D eigenvalue weighted by Crippen LogP contribution is -2.30. The third-order valence-electron chi connectivity index (χ3n) is 6.75. The van der Waals surface area contributed by atoms with Crippen LogP contribution in [0.2, 0.25) is 5.02 Å². The highest BCUT2D eigenvalue weighted by molar-refractivity contribution is 7.09. The minimum atomic E-state index is -0.174. The smallest absolute Gasteiger partial charge is 0.255 e. The minimum Gasteiger partial charge on any atom is -0.492 e. The number of carbonyl (C=O) groups is 1. The normalized spacial score (nSPS) is 11.0. The third-order valence-corrected chi connectivity index (χ3v) is 7.91. The molecule has 206 valence electrons. The van der Waals surface area contributed by atoms with E-state index in [2.05, 4.69) is 35.4 Å². The molecule has 0 saturated heterocycles. The molecular formula is C32H44ClN2O2S+. The molecule has 0 aliphatic heterocycles. The van der Waals surface area contributed by atoms with Crippen LogP contribution in [0.1, 0.15) is 105 Å². The van der Waals surface area contributed by atoms with Gasteiger partial charge >= 0.3 is 0 Å². The fourth-order valence-corrected chi connectivity index (χ4v) is 5.32. The van der Waals surface area contributed by atoms with Gasteiger partial charge in [0.1, 0.15) is 5.75 Å². The molecule has 2 aromatic carbocycles. The van der Waals surface area contributed by atoms with Crippen molar-refractivity contribution in [1.82, 2.24) is 0 Å². The second-order valence-corrected chi connectivity index (χ2v) is 11.7. The van der Waals surface area contributed by atoms with E-state index in [1.165, 1.54) is 74.6 Å². The van der Waals surface area contributed by atoms with E-state index >= 15 is 0 Å². The summed E-state index contributed by atoms with van der Waals surface area (Å²) in [6.07, 6.45) is 17.8. The predicted octanol–water partition coefficient (Wildman–Crippen LogP) is 9.38. The summed E-state index contributed by atoms with van der Waals surface area (Å²) in [4.78, 5) is 14.1. The number of carbonyl (C=O) groups excluding carboxylic acids is 1. The molecule has 0 spiro atoms. The van der Waals surface area contributed by atoms with Gasteiger partial charge in [-0.15, -0.1) is 0 Å². The monoisotopic (exact) mass is 555 g/mol. The van der Waals surface area contributed by atoms with Gasteiger partial charge in [0.25, 0.3) is 5.91 Å². The number of halogens is 1. The van der Waals surface area contributed by atoms with E-state index in [1.807, 2.05) is 24.3 Å². The zero-order valence-electron chi connectivity index (χ0n) is 23.1. The highest BCUT2D eigenvalue weighted by Crippen LogP contribution is 2.26. The highest BCUT2D eigenvalue weighted by Gasteiger charge is 2.11. The number of nitrogens with one attached hydrogen (secondary N) is 1. The van der Waals surface area contributed by atoms with Crippen molar-refractivity contribution in [3.63, 3.8) is 0 Å². The molecule has 1 amide bonds. The van der Waals surface area contributed by atoms with Gasteiger partial charge in [0.15, 0.2) is 12.7 Å². The summed E-state index contributed by atoms with van der Waals surface area (Å²) in [6.45, 7) is 5.80. The molecule has 3 aromatic rings. The Morgan fingerprint density at radius 2 is 1.53 bits per heavy atom. The largest absolute Gasteiger partial charge is 0.492 e. The van der Waals surface area contributed by atoms with Gasteiger partial charge in [-0.25, -0.2) is 0 Å². The number of unbranched alkanes of at least 4 members (excludes halogenated alkanes) is 11. The number of aromatic nitrogens is 1. The van der Waals surface area contributed by atoms with Crippen molar-refractivity contribution >= 4 is 34.5 Å². The number of thiazole rings is 1. The average molecular weight is 556 g/mol. The first-order chi connectivity index (χ1) is 18.5. The first kappa shape index (κ1) is 30.2. The Hall–Kier alpha value is -2.37. The first-order valence-corrected chi connectivity index (χ1v) is 15.6. The Morgan fingerprint density at radius 3 is 2.13 bits per heavy atom. The van der Waals surface area contributed by atoms with Crippen molar-refractivity contribution in [2.75, 3.05) is 11.9 Å². The summed E-state index contributed by atoms with van der Waals surface area (Å²) < 4.78 is 8.10. The lowest BCUT2D eigenvalue weighted by atomic mass is 10.1. The molecule has 0 bridgehead atoms. The molecule has 3 rings (SSSR count). The number of rotatable bonds is 18. The molecule has 0 saturated carbocycles. The molecule has 38 heavy (non-hydrogen) atoms. The van der Waals surface area contributed by atoms with E-state index in [4.69, 9.17) is 16.3 Å². The Morgan fingerprint density at radius 1 is 0.895 bits per heavy atom. The second-order valence-electron chi connectivity index (χ2n) is 10.2. The third kappa shape index (κ3) is 11.2. The molecule has 0 aliphatic rings. The zero-order valence-corrected chi connectivity index (χ0v) is 24.7. The fourth-order valence-electron chi connectivity index (χ4n) is 4.52. The summed E-state index contributed by atoms with van der Waals surface area (Å²) in [6, 6.07) is 13.2. The van der Waals surface area contributed by atoms with Crippen molar-refractivity contribution in [2.45, 2.75) is 97.4 Å². The van der Waals surface area contributed by atoms with Crippen LogP contribution in [0.25, 0.3) is 0 Å². The molecule has 1 N–H and O–H groups in total. The van der Waals surface area contributed by atoms with Crippen molar-refractivity contribution in [3.8, 4) is 5.75 Å². The number of hydrogen-bond donors (Lipinski definition) is 1. The minimum absolute atomic E-state index is 0.174. The van der Waals surface area contributed by atoms with Gasteiger partial charge in [-0.3, -0.25) is 4.79 Å². The SMILES string of the molecule is CCCCCCCCCCCCCCOc1cc(C(=O)Nc2ccc(C[n+]3csc(C)c3)cc2)ccc1Cl. The van der Waals surface area contributed by atoms with Gasteiger partial charge in [0.2, 0.25) is 5.51 Å². The summed E-state index contributed by atoms with van der Waals surface area (Å²) >= 11 is 8.07. The number of ether oxygens (including phenoxy) is 1. The van der Waals surface area contributed by atoms with Crippen LogP contribution in [0.15, 0.2) is 54.2 Å². The maximum Gasteiger partial charge on any atom is 0.255 e. The number of anilines is 1. The lowest BCUT2D eigenvalue weighted by molar-refractivity contribution is -0.683. The number of benzene rings is 2. The molecule has 0 unspecified atom stereocenters. The van der Waals surface area contributed by atoms with Crippen molar-refractivity contribution < 1.29 is 14.1 Å². The summed E-state index contributed by atoms with van der Waals surface area (Å²) in [7, 11) is 0. The molecule has 4 nitrogen and oxygen atoms in total. The quantitative estimate of drug-likeness (QED) is 0.125. The zero-order chi connectivity index (χ0) is 27.0. The van der Waals surface area contributed by atoms with E-state index in [0.29, 0.717) is 22.9 Å². The molecule has 0 aliphatic carbocycles. The molecule has 1 heterocycles. The first-order valence-electron chi connectivity index (χ1n) is 14.3. The average Bonchev–Trinajstić information content (AvgIpc) is 3.33. The van der Waals surface area contributed by atoms with E-state index in [1.54, 1.807) is 29.5 Å². The van der Waals surface area contributed by atoms with Gasteiger partial charge < -0.3 is 10.1 Å². The van der Waals surface area contributed by atoms with Crippen LogP contribution in [0.4, 0.5) is 5.69 Å². The summed E-state index contributed by atoms with van der Waals surface area (Å²) in [5, 5.41) is 3.51. The summed E-state index contributed by atoms with van der Waals surface area (Å²) in [5.74, 6) is 0.397. The molecule has 0 fully saturated rings. The van der Waals surface area contributed by atoms with E-state index in [0.717, 1.165) is 25.1 Å². The van der Waals surface area contributed by atoms with Crippen molar-refractivity contribution in [3.05, 3.63) is 75.2 Å². The van der Waals surface area contributed by atoms with Crippen LogP contribution in [-0.4, -0.2) is 12.5 Å². The topological polar surface area (TPSA) is 42.2 Å². The Balaban J connectivity index is 1.34. The van der Waals surface area contributed by atoms with Gasteiger partial charge in [-0.1, -0.05) is 113 Å². The van der Waals surface area contributed by atoms with E-state index in [-0.39, 0.29) is 5.91 Å². The maximum atomic E-state index is 12.8. The van der Waals surface area contributed by atoms with Gasteiger partial charge in [-0.2, -0.15) is 4.57 Å². The highest BCUT2D eigenvalue weighted by atomic mass is 35.5. The van der Waals surface area contributed by atoms with Gasteiger partial charge in [0.05, 0.1) is 16.5 Å². The molecule has 0 radical (unpaired) electrons. The number of amides is 1. The van der Waals surface area contributed by atoms with Crippen LogP contribution < -0.4 is 14.6 Å². The van der Waals surface area contributed by atoms with Crippen molar-refractivity contribution in [2.24, 2.45) is 0 Å². The van der Waals surface area contributed by atoms with Crippen LogP contribution >= 0.6 is 22.9 Å². The van der Waals surface area contributed by atoms with Crippen LogP contribution in [-0.2, 0) is 6.54 Å². The number of hydrogen-bond acceptors (Lipinski definition) is 3. The lowest BCUT2D eigenvalue weighted by Gasteiger charge is -2.11. The van der Waals surface area contributed by atoms with Gasteiger partial charge in [0, 0.05) is 16.8 Å². The van der Waals surface area contributed by atoms with Crippen LogP contribution in [0.5, 0.6) is 5.75 Å². The second kappa shape index (κ2) is 17.3. The van der Waals surface area contributed by atoms with Crippen molar-refractivity contribution in [1.29, 1.82) is 0 Å². The van der Waals surface area contributed by atoms with Crippen LogP contribution in [0.3, 0.4) is 0 Å². The Labute approximate surface area is 238 Å². The molecule has 1 aromatic heterocycles. The summed E-state index contributed by atoms with van der Waals surface area (Å²) in [5.41, 5.74) is 4.60. The maximum absolute atomic E-state index is 12.8. The number of nitrogens with zero attached hydrogens (tertiary/aromatic N) is 1.